The fourth-order valence-corrected chi connectivity index (χ4v) is 10.8. The van der Waals surface area contributed by atoms with Crippen molar-refractivity contribution < 1.29 is 19.7 Å². The topological polar surface area (TPSA) is 91.2 Å². The number of hydrogen-bond donors (Lipinski definition) is 2. The molecular weight excluding hydrogens is 689 g/mol. The van der Waals surface area contributed by atoms with Gasteiger partial charge in [0, 0.05) is 48.3 Å². The first-order valence-electron chi connectivity index (χ1n) is 19.1. The number of thioether (sulfide) groups is 2. The molecular formula is C42H56N4O4S2. The third-order valence-corrected chi connectivity index (χ3v) is 13.9. The van der Waals surface area contributed by atoms with E-state index in [1.807, 2.05) is 84.4 Å². The van der Waals surface area contributed by atoms with Gasteiger partial charge in [0.15, 0.2) is 0 Å². The van der Waals surface area contributed by atoms with E-state index in [-0.39, 0.29) is 12.1 Å². The molecule has 52 heavy (non-hydrogen) atoms. The zero-order valence-electron chi connectivity index (χ0n) is 31.2. The van der Waals surface area contributed by atoms with Crippen molar-refractivity contribution in [1.82, 2.24) is 19.8 Å². The summed E-state index contributed by atoms with van der Waals surface area (Å²) in [5, 5.41) is 24.6. The normalized spacial score (nSPS) is 29.0. The van der Waals surface area contributed by atoms with Crippen LogP contribution in [0.1, 0.15) is 61.9 Å². The molecule has 2 N–H and O–H groups in total. The summed E-state index contributed by atoms with van der Waals surface area (Å²) in [5.41, 5.74) is 3.78. The van der Waals surface area contributed by atoms with Crippen molar-refractivity contribution in [2.24, 2.45) is 23.7 Å². The Morgan fingerprint density at radius 3 is 1.50 bits per heavy atom. The van der Waals surface area contributed by atoms with Crippen molar-refractivity contribution in [3.63, 3.8) is 0 Å². The molecule has 0 radical (unpaired) electrons. The monoisotopic (exact) mass is 744 g/mol. The zero-order valence-corrected chi connectivity index (χ0v) is 32.8. The smallest absolute Gasteiger partial charge is 0.119 e. The summed E-state index contributed by atoms with van der Waals surface area (Å²) in [6.45, 7) is 4.52. The third kappa shape index (κ3) is 7.94. The Labute approximate surface area is 318 Å². The van der Waals surface area contributed by atoms with Crippen LogP contribution in [0.5, 0.6) is 11.5 Å². The van der Waals surface area contributed by atoms with Gasteiger partial charge in [-0.25, -0.2) is 0 Å². The van der Waals surface area contributed by atoms with E-state index in [0.717, 1.165) is 107 Å². The van der Waals surface area contributed by atoms with Crippen molar-refractivity contribution in [1.29, 1.82) is 0 Å². The number of rotatable bonds is 12. The minimum atomic E-state index is -0.475. The Balaban J connectivity index is 0.000000162. The Bertz CT molecular complexity index is 1670. The molecule has 6 aliphatic heterocycles. The molecule has 8 unspecified atom stereocenters. The molecule has 6 fully saturated rings. The van der Waals surface area contributed by atoms with Crippen molar-refractivity contribution in [3.8, 4) is 11.5 Å². The highest BCUT2D eigenvalue weighted by molar-refractivity contribution is 7.98. The van der Waals surface area contributed by atoms with Crippen LogP contribution >= 0.6 is 23.5 Å². The third-order valence-electron chi connectivity index (χ3n) is 12.6. The van der Waals surface area contributed by atoms with Gasteiger partial charge in [0.1, 0.15) is 11.5 Å². The lowest BCUT2D eigenvalue weighted by atomic mass is 9.72. The van der Waals surface area contributed by atoms with E-state index >= 15 is 0 Å². The Morgan fingerprint density at radius 2 is 1.13 bits per heavy atom. The maximum Gasteiger partial charge on any atom is 0.119 e. The van der Waals surface area contributed by atoms with Gasteiger partial charge in [0.05, 0.1) is 37.5 Å². The van der Waals surface area contributed by atoms with Crippen LogP contribution in [0.4, 0.5) is 0 Å². The number of aliphatic hydroxyl groups excluding tert-OH is 2. The van der Waals surface area contributed by atoms with Crippen LogP contribution in [-0.4, -0.2) is 106 Å². The minimum absolute atomic E-state index is 0.219. The Kier molecular flexibility index (Phi) is 12.5. The molecule has 10 heteroatoms. The van der Waals surface area contributed by atoms with Crippen LogP contribution in [-0.2, 0) is 0 Å². The van der Waals surface area contributed by atoms with Gasteiger partial charge in [-0.3, -0.25) is 19.8 Å². The second-order valence-corrected chi connectivity index (χ2v) is 17.2. The fourth-order valence-electron chi connectivity index (χ4n) is 9.69. The van der Waals surface area contributed by atoms with Crippen LogP contribution in [0.2, 0.25) is 0 Å². The van der Waals surface area contributed by atoms with Crippen LogP contribution in [0.15, 0.2) is 60.9 Å². The van der Waals surface area contributed by atoms with Crippen molar-refractivity contribution in [2.45, 2.75) is 62.8 Å². The summed E-state index contributed by atoms with van der Waals surface area (Å²) in [7, 11) is 3.35. The van der Waals surface area contributed by atoms with Gasteiger partial charge >= 0.3 is 0 Å². The summed E-state index contributed by atoms with van der Waals surface area (Å²) in [6.07, 6.45) is 14.4. The van der Waals surface area contributed by atoms with Gasteiger partial charge < -0.3 is 19.7 Å². The maximum absolute atomic E-state index is 11.3. The molecule has 4 bridgehead atoms. The fraction of sp³-hybridized carbons (Fsp3) is 0.571. The van der Waals surface area contributed by atoms with E-state index in [9.17, 15) is 10.2 Å². The standard InChI is InChI=1S/2C21H28N2O2S/c2*1-25-16-3-4-19-18(12-16)17(5-8-22-19)21(24)20-11-14-6-9-23(20)13-15(14)7-10-26-2/h2*3-5,8,12,14-15,20-21,24H,6-7,9-11,13H2,1-2H3/t2*14?,15?,20?,21-/m00/s1. The Morgan fingerprint density at radius 1 is 0.692 bits per heavy atom. The lowest BCUT2D eigenvalue weighted by Crippen LogP contribution is -2.55. The van der Waals surface area contributed by atoms with Crippen LogP contribution in [0.25, 0.3) is 21.8 Å². The number of nitrogens with zero attached hydrogens (tertiary/aromatic N) is 4. The SMILES string of the molecule is COc1ccc2nccc([C@H](O)C3CC4CCN3CC4CCSC)c2c1.COc1ccc2nccc([C@H](O)C3CC4CCN3CC4CCSC)c2c1. The summed E-state index contributed by atoms with van der Waals surface area (Å²) in [6, 6.07) is 16.2. The number of piperidine rings is 6. The average molecular weight is 745 g/mol. The molecule has 4 aromatic rings. The second-order valence-electron chi connectivity index (χ2n) is 15.2. The lowest BCUT2D eigenvalue weighted by Gasteiger charge is -2.51. The number of ether oxygens (including phenoxy) is 2. The highest BCUT2D eigenvalue weighted by Crippen LogP contribution is 2.45. The first-order valence-corrected chi connectivity index (χ1v) is 21.9. The van der Waals surface area contributed by atoms with E-state index < -0.39 is 12.2 Å². The van der Waals surface area contributed by atoms with Gasteiger partial charge in [0.2, 0.25) is 0 Å². The summed E-state index contributed by atoms with van der Waals surface area (Å²) in [5.74, 6) is 7.23. The molecule has 0 saturated carbocycles. The lowest BCUT2D eigenvalue weighted by molar-refractivity contribution is -0.0559. The van der Waals surface area contributed by atoms with Crippen molar-refractivity contribution >= 4 is 45.3 Å². The predicted molar refractivity (Wildman–Crippen MR) is 216 cm³/mol. The summed E-state index contributed by atoms with van der Waals surface area (Å²) < 4.78 is 10.8. The zero-order chi connectivity index (χ0) is 36.2. The highest BCUT2D eigenvalue weighted by Gasteiger charge is 2.44. The minimum Gasteiger partial charge on any atom is -0.497 e. The van der Waals surface area contributed by atoms with Gasteiger partial charge in [-0.15, -0.1) is 0 Å². The van der Waals surface area contributed by atoms with E-state index in [1.54, 1.807) is 14.2 Å². The highest BCUT2D eigenvalue weighted by atomic mass is 32.2. The molecule has 6 saturated heterocycles. The first kappa shape index (κ1) is 37.7. The largest absolute Gasteiger partial charge is 0.497 e. The molecule has 10 atom stereocenters. The molecule has 8 heterocycles. The van der Waals surface area contributed by atoms with Gasteiger partial charge in [-0.05, 0) is 159 Å². The molecule has 8 nitrogen and oxygen atoms in total. The number of hydrogen-bond acceptors (Lipinski definition) is 10. The van der Waals surface area contributed by atoms with Gasteiger partial charge in [-0.1, -0.05) is 0 Å². The number of aromatic nitrogens is 2. The quantitative estimate of drug-likeness (QED) is 0.152. The van der Waals surface area contributed by atoms with Gasteiger partial charge in [-0.2, -0.15) is 23.5 Å². The van der Waals surface area contributed by atoms with E-state index in [0.29, 0.717) is 0 Å². The van der Waals surface area contributed by atoms with E-state index in [1.165, 1.54) is 37.2 Å². The number of fused-ring (bicyclic) bond motifs is 8. The van der Waals surface area contributed by atoms with Gasteiger partial charge in [0.25, 0.3) is 0 Å². The molecule has 0 spiro atoms. The molecule has 280 valence electrons. The van der Waals surface area contributed by atoms with Crippen LogP contribution in [0, 0.1) is 23.7 Å². The van der Waals surface area contributed by atoms with E-state index in [2.05, 4.69) is 32.3 Å². The summed E-state index contributed by atoms with van der Waals surface area (Å²) >= 11 is 3.89. The molecule has 2 aromatic heterocycles. The number of methoxy groups -OCH3 is 2. The van der Waals surface area contributed by atoms with Crippen molar-refractivity contribution in [2.75, 3.05) is 64.4 Å². The molecule has 10 rings (SSSR count). The van der Waals surface area contributed by atoms with Crippen LogP contribution in [0.3, 0.4) is 0 Å². The molecule has 0 amide bonds. The predicted octanol–water partition coefficient (Wildman–Crippen LogP) is 7.48. The second kappa shape index (κ2) is 17.2. The molecule has 0 aliphatic carbocycles. The number of benzene rings is 2. The van der Waals surface area contributed by atoms with E-state index in [4.69, 9.17) is 9.47 Å². The van der Waals surface area contributed by atoms with Crippen molar-refractivity contribution in [3.05, 3.63) is 72.1 Å². The number of pyridine rings is 2. The molecule has 6 aliphatic rings. The average Bonchev–Trinajstić information content (AvgIpc) is 3.21. The Hall–Kier alpha value is -2.60. The first-order chi connectivity index (χ1) is 25.4. The van der Waals surface area contributed by atoms with Crippen LogP contribution < -0.4 is 9.47 Å². The number of aliphatic hydroxyl groups is 2. The summed E-state index contributed by atoms with van der Waals surface area (Å²) in [4.78, 5) is 14.0. The molecule has 2 aromatic carbocycles. The maximum atomic E-state index is 11.3.